The standard InChI is InChI=1S/C14H20O2S/c1-10(2)14(4,16)9-17-13-7-5-12(6-8-13)11(3)15/h5-8,10,16H,9H2,1-4H3. The van der Waals surface area contributed by atoms with Crippen molar-refractivity contribution in [3.63, 3.8) is 0 Å². The van der Waals surface area contributed by atoms with Gasteiger partial charge in [0.05, 0.1) is 5.60 Å². The van der Waals surface area contributed by atoms with Crippen LogP contribution in [0.4, 0.5) is 0 Å². The van der Waals surface area contributed by atoms with Gasteiger partial charge in [0, 0.05) is 16.2 Å². The number of hydrogen-bond donors (Lipinski definition) is 1. The molecule has 17 heavy (non-hydrogen) atoms. The lowest BCUT2D eigenvalue weighted by atomic mass is 9.95. The van der Waals surface area contributed by atoms with Crippen molar-refractivity contribution in [2.24, 2.45) is 5.92 Å². The van der Waals surface area contributed by atoms with Crippen LogP contribution in [-0.4, -0.2) is 22.2 Å². The minimum Gasteiger partial charge on any atom is -0.389 e. The largest absolute Gasteiger partial charge is 0.389 e. The highest BCUT2D eigenvalue weighted by Crippen LogP contribution is 2.27. The maximum Gasteiger partial charge on any atom is 0.159 e. The first-order valence-corrected chi connectivity index (χ1v) is 6.77. The Balaban J connectivity index is 2.62. The summed E-state index contributed by atoms with van der Waals surface area (Å²) in [6, 6.07) is 7.51. The molecule has 1 aromatic carbocycles. The number of carbonyl (C=O) groups excluding carboxylic acids is 1. The zero-order valence-electron chi connectivity index (χ0n) is 10.9. The molecular weight excluding hydrogens is 232 g/mol. The van der Waals surface area contributed by atoms with Crippen molar-refractivity contribution in [3.05, 3.63) is 29.8 Å². The average molecular weight is 252 g/mol. The first-order valence-electron chi connectivity index (χ1n) is 5.79. The maximum absolute atomic E-state index is 11.1. The molecule has 1 unspecified atom stereocenters. The molecule has 1 N–H and O–H groups in total. The molecule has 0 aliphatic carbocycles. The Morgan fingerprint density at radius 1 is 1.35 bits per heavy atom. The van der Waals surface area contributed by atoms with Crippen LogP contribution in [0.3, 0.4) is 0 Å². The van der Waals surface area contributed by atoms with E-state index in [2.05, 4.69) is 0 Å². The summed E-state index contributed by atoms with van der Waals surface area (Å²) in [6.07, 6.45) is 0. The highest BCUT2D eigenvalue weighted by molar-refractivity contribution is 7.99. The van der Waals surface area contributed by atoms with Crippen molar-refractivity contribution in [1.82, 2.24) is 0 Å². The van der Waals surface area contributed by atoms with Gasteiger partial charge in [-0.3, -0.25) is 4.79 Å². The van der Waals surface area contributed by atoms with Crippen molar-refractivity contribution in [2.75, 3.05) is 5.75 Å². The molecule has 0 spiro atoms. The predicted octanol–water partition coefficient (Wildman–Crippen LogP) is 3.39. The van der Waals surface area contributed by atoms with E-state index in [1.54, 1.807) is 18.7 Å². The van der Waals surface area contributed by atoms with Crippen molar-refractivity contribution < 1.29 is 9.90 Å². The van der Waals surface area contributed by atoms with Gasteiger partial charge in [0.1, 0.15) is 0 Å². The molecule has 0 fully saturated rings. The average Bonchev–Trinajstić information content (AvgIpc) is 2.27. The van der Waals surface area contributed by atoms with E-state index >= 15 is 0 Å². The zero-order valence-corrected chi connectivity index (χ0v) is 11.7. The molecule has 0 amide bonds. The number of carbonyl (C=O) groups is 1. The molecule has 94 valence electrons. The smallest absolute Gasteiger partial charge is 0.159 e. The number of benzene rings is 1. The van der Waals surface area contributed by atoms with E-state index in [0.717, 1.165) is 10.5 Å². The molecule has 0 aliphatic rings. The third-order valence-corrected chi connectivity index (χ3v) is 4.37. The summed E-state index contributed by atoms with van der Waals surface area (Å²) in [6.45, 7) is 7.44. The topological polar surface area (TPSA) is 37.3 Å². The van der Waals surface area contributed by atoms with E-state index in [0.29, 0.717) is 5.75 Å². The molecule has 0 bridgehead atoms. The SMILES string of the molecule is CC(=O)c1ccc(SCC(C)(O)C(C)C)cc1. The van der Waals surface area contributed by atoms with E-state index in [1.165, 1.54) is 0 Å². The summed E-state index contributed by atoms with van der Waals surface area (Å²) in [5.41, 5.74) is 0.0640. The maximum atomic E-state index is 11.1. The number of rotatable bonds is 5. The molecule has 0 aliphatic heterocycles. The monoisotopic (exact) mass is 252 g/mol. The Hall–Kier alpha value is -0.800. The van der Waals surface area contributed by atoms with Crippen molar-refractivity contribution in [3.8, 4) is 0 Å². The van der Waals surface area contributed by atoms with Gasteiger partial charge >= 0.3 is 0 Å². The van der Waals surface area contributed by atoms with E-state index in [-0.39, 0.29) is 11.7 Å². The Morgan fingerprint density at radius 3 is 2.29 bits per heavy atom. The van der Waals surface area contributed by atoms with Gasteiger partial charge in [-0.15, -0.1) is 11.8 Å². The molecule has 1 rings (SSSR count). The van der Waals surface area contributed by atoms with Crippen LogP contribution in [0.5, 0.6) is 0 Å². The van der Waals surface area contributed by atoms with Crippen LogP contribution in [0.1, 0.15) is 38.1 Å². The van der Waals surface area contributed by atoms with E-state index in [1.807, 2.05) is 45.0 Å². The van der Waals surface area contributed by atoms with Gasteiger partial charge in [-0.2, -0.15) is 0 Å². The predicted molar refractivity (Wildman–Crippen MR) is 72.6 cm³/mol. The van der Waals surface area contributed by atoms with Gasteiger partial charge in [-0.1, -0.05) is 26.0 Å². The quantitative estimate of drug-likeness (QED) is 0.644. The zero-order chi connectivity index (χ0) is 13.1. The lowest BCUT2D eigenvalue weighted by Gasteiger charge is -2.27. The number of aliphatic hydroxyl groups is 1. The summed E-state index contributed by atoms with van der Waals surface area (Å²) < 4.78 is 0. The summed E-state index contributed by atoms with van der Waals surface area (Å²) in [5, 5.41) is 10.1. The van der Waals surface area contributed by atoms with E-state index < -0.39 is 5.60 Å². The van der Waals surface area contributed by atoms with Crippen LogP contribution >= 0.6 is 11.8 Å². The second kappa shape index (κ2) is 5.69. The fourth-order valence-corrected chi connectivity index (χ4v) is 2.30. The Kier molecular flexibility index (Phi) is 4.78. The minimum atomic E-state index is -0.663. The van der Waals surface area contributed by atoms with Gasteiger partial charge in [0.25, 0.3) is 0 Å². The molecule has 0 radical (unpaired) electrons. The van der Waals surface area contributed by atoms with Gasteiger partial charge in [0.15, 0.2) is 5.78 Å². The van der Waals surface area contributed by atoms with Crippen LogP contribution < -0.4 is 0 Å². The molecule has 0 saturated carbocycles. The number of Topliss-reactive ketones (excluding diaryl/α,β-unsaturated/α-hetero) is 1. The minimum absolute atomic E-state index is 0.0794. The first-order chi connectivity index (χ1) is 7.83. The lowest BCUT2D eigenvalue weighted by Crippen LogP contribution is -2.33. The Morgan fingerprint density at radius 2 is 1.88 bits per heavy atom. The summed E-state index contributed by atoms with van der Waals surface area (Å²) in [4.78, 5) is 12.2. The molecule has 2 nitrogen and oxygen atoms in total. The Bertz CT molecular complexity index is 380. The van der Waals surface area contributed by atoms with Crippen LogP contribution in [0, 0.1) is 5.92 Å². The number of hydrogen-bond acceptors (Lipinski definition) is 3. The fraction of sp³-hybridized carbons (Fsp3) is 0.500. The van der Waals surface area contributed by atoms with Crippen LogP contribution in [-0.2, 0) is 0 Å². The second-order valence-electron chi connectivity index (χ2n) is 4.88. The lowest BCUT2D eigenvalue weighted by molar-refractivity contribution is 0.0376. The molecule has 0 aromatic heterocycles. The Labute approximate surface area is 107 Å². The third kappa shape index (κ3) is 4.17. The van der Waals surface area contributed by atoms with Gasteiger partial charge in [-0.05, 0) is 31.9 Å². The first kappa shape index (κ1) is 14.3. The normalized spacial score (nSPS) is 14.7. The van der Waals surface area contributed by atoms with Crippen LogP contribution in [0.15, 0.2) is 29.2 Å². The third-order valence-electron chi connectivity index (χ3n) is 3.04. The summed E-state index contributed by atoms with van der Waals surface area (Å²) in [7, 11) is 0. The molecule has 3 heteroatoms. The van der Waals surface area contributed by atoms with E-state index in [4.69, 9.17) is 0 Å². The number of thioether (sulfide) groups is 1. The van der Waals surface area contributed by atoms with Gasteiger partial charge in [0.2, 0.25) is 0 Å². The van der Waals surface area contributed by atoms with Crippen LogP contribution in [0.25, 0.3) is 0 Å². The van der Waals surface area contributed by atoms with Crippen molar-refractivity contribution in [1.29, 1.82) is 0 Å². The van der Waals surface area contributed by atoms with Crippen molar-refractivity contribution >= 4 is 17.5 Å². The van der Waals surface area contributed by atoms with Gasteiger partial charge < -0.3 is 5.11 Å². The molecule has 0 saturated heterocycles. The van der Waals surface area contributed by atoms with Crippen molar-refractivity contribution in [2.45, 2.75) is 38.2 Å². The van der Waals surface area contributed by atoms with Crippen LogP contribution in [0.2, 0.25) is 0 Å². The number of ketones is 1. The molecule has 0 heterocycles. The molecule has 1 aromatic rings. The molecular formula is C14H20O2S. The fourth-order valence-electron chi connectivity index (χ4n) is 1.18. The molecule has 1 atom stereocenters. The summed E-state index contributed by atoms with van der Waals surface area (Å²) in [5.74, 6) is 0.964. The van der Waals surface area contributed by atoms with Gasteiger partial charge in [-0.25, -0.2) is 0 Å². The summed E-state index contributed by atoms with van der Waals surface area (Å²) >= 11 is 1.61. The second-order valence-corrected chi connectivity index (χ2v) is 5.93. The highest BCUT2D eigenvalue weighted by atomic mass is 32.2. The van der Waals surface area contributed by atoms with E-state index in [9.17, 15) is 9.90 Å². The highest BCUT2D eigenvalue weighted by Gasteiger charge is 2.24.